The van der Waals surface area contributed by atoms with Crippen molar-refractivity contribution in [2.24, 2.45) is 10.8 Å². The molecule has 1 aromatic rings. The van der Waals surface area contributed by atoms with Gasteiger partial charge >= 0.3 is 0 Å². The molecular formula is C12H16FN5O2. The lowest BCUT2D eigenvalue weighted by Crippen LogP contribution is -2.34. The molecule has 0 saturated heterocycles. The average Bonchev–Trinajstić information content (AvgIpc) is 2.42. The molecule has 7 nitrogen and oxygen atoms in total. The molecule has 20 heavy (non-hydrogen) atoms. The van der Waals surface area contributed by atoms with Gasteiger partial charge in [0.2, 0.25) is 5.91 Å². The van der Waals surface area contributed by atoms with Crippen LogP contribution in [0.25, 0.3) is 10.4 Å². The van der Waals surface area contributed by atoms with Crippen LogP contribution in [0, 0.1) is 5.82 Å². The first-order valence-corrected chi connectivity index (χ1v) is 5.97. The average molecular weight is 281 g/mol. The van der Waals surface area contributed by atoms with Gasteiger partial charge in [-0.2, -0.15) is 0 Å². The number of carbonyl (C=O) groups is 1. The second-order valence-corrected chi connectivity index (χ2v) is 3.99. The maximum absolute atomic E-state index is 13.6. The molecule has 0 heterocycles. The van der Waals surface area contributed by atoms with Gasteiger partial charge in [-0.3, -0.25) is 4.79 Å². The molecule has 1 atom stereocenters. The Balaban J connectivity index is 2.73. The van der Waals surface area contributed by atoms with E-state index in [2.05, 4.69) is 15.3 Å². The number of ether oxygens (including phenoxy) is 1. The van der Waals surface area contributed by atoms with Crippen LogP contribution in [0.2, 0.25) is 0 Å². The van der Waals surface area contributed by atoms with E-state index in [0.29, 0.717) is 25.1 Å². The van der Waals surface area contributed by atoms with Gasteiger partial charge in [-0.15, -0.1) is 0 Å². The monoisotopic (exact) mass is 281 g/mol. The molecule has 0 bridgehead atoms. The zero-order chi connectivity index (χ0) is 15.0. The van der Waals surface area contributed by atoms with Crippen LogP contribution in [0.15, 0.2) is 23.3 Å². The second kappa shape index (κ2) is 7.98. The smallest absolute Gasteiger partial charge is 0.239 e. The van der Waals surface area contributed by atoms with Crippen LogP contribution in [0.5, 0.6) is 5.75 Å². The minimum absolute atomic E-state index is 0.0975. The largest absolute Gasteiger partial charge is 0.494 e. The Bertz CT molecular complexity index is 517. The first kappa shape index (κ1) is 15.7. The number of nitrogens with one attached hydrogen (secondary N) is 1. The van der Waals surface area contributed by atoms with E-state index in [-0.39, 0.29) is 5.75 Å². The van der Waals surface area contributed by atoms with Crippen molar-refractivity contribution in [3.05, 3.63) is 40.0 Å². The second-order valence-electron chi connectivity index (χ2n) is 3.99. The van der Waals surface area contributed by atoms with Gasteiger partial charge in [-0.1, -0.05) is 11.2 Å². The summed E-state index contributed by atoms with van der Waals surface area (Å²) in [6.07, 6.45) is 0.548. The maximum Gasteiger partial charge on any atom is 0.239 e. The maximum atomic E-state index is 13.6. The van der Waals surface area contributed by atoms with Crippen LogP contribution in [-0.4, -0.2) is 26.1 Å². The van der Waals surface area contributed by atoms with E-state index in [0.717, 1.165) is 0 Å². The molecule has 1 aromatic carbocycles. The van der Waals surface area contributed by atoms with Gasteiger partial charge in [-0.25, -0.2) is 4.39 Å². The van der Waals surface area contributed by atoms with Crippen LogP contribution in [0.4, 0.5) is 4.39 Å². The van der Waals surface area contributed by atoms with E-state index in [4.69, 9.17) is 16.0 Å². The Kier molecular flexibility index (Phi) is 6.28. The SMILES string of the molecule is COc1ccc(C(NCCCN=[N+]=[N-])C(N)=O)cc1F. The van der Waals surface area contributed by atoms with Gasteiger partial charge in [0, 0.05) is 11.5 Å². The molecule has 0 aliphatic carbocycles. The fourth-order valence-corrected chi connectivity index (χ4v) is 1.69. The van der Waals surface area contributed by atoms with Crippen molar-refractivity contribution >= 4 is 5.91 Å². The number of halogens is 1. The lowest BCUT2D eigenvalue weighted by molar-refractivity contribution is -0.120. The Morgan fingerprint density at radius 3 is 2.95 bits per heavy atom. The summed E-state index contributed by atoms with van der Waals surface area (Å²) in [4.78, 5) is 14.0. The third-order valence-electron chi connectivity index (χ3n) is 2.64. The third-order valence-corrected chi connectivity index (χ3v) is 2.64. The lowest BCUT2D eigenvalue weighted by Gasteiger charge is -2.16. The van der Waals surface area contributed by atoms with Crippen molar-refractivity contribution in [3.63, 3.8) is 0 Å². The summed E-state index contributed by atoms with van der Waals surface area (Å²) in [5, 5.41) is 6.26. The summed E-state index contributed by atoms with van der Waals surface area (Å²) < 4.78 is 18.4. The fourth-order valence-electron chi connectivity index (χ4n) is 1.69. The van der Waals surface area contributed by atoms with Gasteiger partial charge in [-0.05, 0) is 36.2 Å². The molecule has 0 aliphatic heterocycles. The highest BCUT2D eigenvalue weighted by molar-refractivity contribution is 5.81. The summed E-state index contributed by atoms with van der Waals surface area (Å²) in [5.74, 6) is -1.08. The molecule has 1 unspecified atom stereocenters. The summed E-state index contributed by atoms with van der Waals surface area (Å²) in [6, 6.07) is 3.40. The Labute approximate surface area is 115 Å². The molecule has 0 radical (unpaired) electrons. The lowest BCUT2D eigenvalue weighted by atomic mass is 10.1. The van der Waals surface area contributed by atoms with E-state index >= 15 is 0 Å². The highest BCUT2D eigenvalue weighted by Gasteiger charge is 2.18. The summed E-state index contributed by atoms with van der Waals surface area (Å²) in [6.45, 7) is 0.728. The van der Waals surface area contributed by atoms with Gasteiger partial charge in [0.1, 0.15) is 6.04 Å². The van der Waals surface area contributed by atoms with Crippen LogP contribution in [-0.2, 0) is 4.79 Å². The van der Waals surface area contributed by atoms with Crippen LogP contribution in [0.1, 0.15) is 18.0 Å². The van der Waals surface area contributed by atoms with Crippen molar-refractivity contribution in [3.8, 4) is 5.75 Å². The zero-order valence-corrected chi connectivity index (χ0v) is 11.0. The number of hydrogen-bond acceptors (Lipinski definition) is 4. The minimum atomic E-state index is -0.804. The molecule has 0 saturated carbocycles. The molecule has 0 fully saturated rings. The van der Waals surface area contributed by atoms with Gasteiger partial charge < -0.3 is 15.8 Å². The topological polar surface area (TPSA) is 113 Å². The standard InChI is InChI=1S/C12H16FN5O2/c1-20-10-4-3-8(7-9(10)13)11(12(14)19)16-5-2-6-17-18-15/h3-4,7,11,16H,2,5-6H2,1H3,(H2,14,19). The Hall–Kier alpha value is -2.31. The van der Waals surface area contributed by atoms with E-state index < -0.39 is 17.8 Å². The van der Waals surface area contributed by atoms with E-state index in [9.17, 15) is 9.18 Å². The number of primary amides is 1. The molecule has 3 N–H and O–H groups in total. The van der Waals surface area contributed by atoms with Crippen LogP contribution in [0.3, 0.4) is 0 Å². The van der Waals surface area contributed by atoms with Crippen molar-refractivity contribution in [2.45, 2.75) is 12.5 Å². The molecule has 108 valence electrons. The van der Waals surface area contributed by atoms with E-state index in [1.165, 1.54) is 19.2 Å². The molecule has 0 spiro atoms. The van der Waals surface area contributed by atoms with Crippen molar-refractivity contribution in [1.82, 2.24) is 5.32 Å². The Morgan fingerprint density at radius 1 is 1.65 bits per heavy atom. The molecule has 8 heteroatoms. The first-order chi connectivity index (χ1) is 9.60. The van der Waals surface area contributed by atoms with Crippen molar-refractivity contribution in [2.75, 3.05) is 20.2 Å². The molecule has 1 rings (SSSR count). The fraction of sp³-hybridized carbons (Fsp3) is 0.417. The summed E-state index contributed by atoms with van der Waals surface area (Å²) >= 11 is 0. The zero-order valence-electron chi connectivity index (χ0n) is 11.0. The quantitative estimate of drug-likeness (QED) is 0.327. The minimum Gasteiger partial charge on any atom is -0.494 e. The number of benzene rings is 1. The van der Waals surface area contributed by atoms with E-state index in [1.54, 1.807) is 6.07 Å². The number of carbonyl (C=O) groups excluding carboxylic acids is 1. The van der Waals surface area contributed by atoms with Gasteiger partial charge in [0.05, 0.1) is 7.11 Å². The predicted octanol–water partition coefficient (Wildman–Crippen LogP) is 1.65. The molecule has 1 amide bonds. The molecule has 0 aliphatic rings. The number of amides is 1. The van der Waals surface area contributed by atoms with Crippen LogP contribution < -0.4 is 15.8 Å². The predicted molar refractivity (Wildman–Crippen MR) is 71.5 cm³/mol. The highest BCUT2D eigenvalue weighted by atomic mass is 19.1. The first-order valence-electron chi connectivity index (χ1n) is 5.97. The van der Waals surface area contributed by atoms with E-state index in [1.807, 2.05) is 0 Å². The normalized spacial score (nSPS) is 11.5. The number of methoxy groups -OCH3 is 1. The molecule has 0 aromatic heterocycles. The van der Waals surface area contributed by atoms with Gasteiger partial charge in [0.25, 0.3) is 0 Å². The van der Waals surface area contributed by atoms with Crippen molar-refractivity contribution < 1.29 is 13.9 Å². The third kappa shape index (κ3) is 4.42. The van der Waals surface area contributed by atoms with Crippen LogP contribution >= 0.6 is 0 Å². The Morgan fingerprint density at radius 2 is 2.40 bits per heavy atom. The number of nitrogens with two attached hydrogens (primary N) is 1. The van der Waals surface area contributed by atoms with Crippen molar-refractivity contribution in [1.29, 1.82) is 0 Å². The molecular weight excluding hydrogens is 265 g/mol. The number of rotatable bonds is 8. The number of nitrogens with zero attached hydrogens (tertiary/aromatic N) is 3. The number of azide groups is 1. The number of hydrogen-bond donors (Lipinski definition) is 2. The summed E-state index contributed by atoms with van der Waals surface area (Å²) in [5.41, 5.74) is 13.8. The highest BCUT2D eigenvalue weighted by Crippen LogP contribution is 2.21. The summed E-state index contributed by atoms with van der Waals surface area (Å²) in [7, 11) is 1.36. The van der Waals surface area contributed by atoms with Gasteiger partial charge in [0.15, 0.2) is 11.6 Å².